The molecular weight excluding hydrogens is 270 g/mol. The molecule has 0 bridgehead atoms. The molecule has 3 nitrogen and oxygen atoms in total. The zero-order valence-electron chi connectivity index (χ0n) is 10.2. The van der Waals surface area contributed by atoms with E-state index in [-0.39, 0.29) is 11.6 Å². The molecule has 1 N–H and O–H groups in total. The van der Waals surface area contributed by atoms with E-state index < -0.39 is 11.6 Å². The fraction of sp³-hybridized carbons (Fsp3) is 0.231. The predicted molar refractivity (Wildman–Crippen MR) is 72.1 cm³/mol. The van der Waals surface area contributed by atoms with Crippen molar-refractivity contribution < 1.29 is 13.6 Å². The van der Waals surface area contributed by atoms with Crippen LogP contribution in [-0.4, -0.2) is 22.5 Å². The molecule has 2 rings (SSSR count). The zero-order chi connectivity index (χ0) is 14.0. The van der Waals surface area contributed by atoms with Crippen LogP contribution < -0.4 is 5.32 Å². The van der Waals surface area contributed by atoms with Crippen LogP contribution in [0.15, 0.2) is 23.9 Å². The highest BCUT2D eigenvalue weighted by molar-refractivity contribution is 7.80. The molecule has 0 radical (unpaired) electrons. The summed E-state index contributed by atoms with van der Waals surface area (Å²) < 4.78 is 25.9. The van der Waals surface area contributed by atoms with Crippen LogP contribution in [0.1, 0.15) is 18.9 Å². The fourth-order valence-electron chi connectivity index (χ4n) is 1.77. The monoisotopic (exact) mass is 282 g/mol. The standard InChI is InChI=1S/C13H12F2N2OS/c1-2-5-17-12(18)11(16-13(17)19)7-8-3-4-9(14)10(15)6-8/h3-4,6-7H,2,5H2,1H3,(H,16,19)/b11-7+. The van der Waals surface area contributed by atoms with E-state index in [0.29, 0.717) is 17.2 Å². The topological polar surface area (TPSA) is 32.3 Å². The molecule has 1 aromatic rings. The van der Waals surface area contributed by atoms with Gasteiger partial charge in [0.1, 0.15) is 5.70 Å². The Kier molecular flexibility index (Phi) is 3.90. The first-order valence-corrected chi connectivity index (χ1v) is 6.23. The molecule has 19 heavy (non-hydrogen) atoms. The number of rotatable bonds is 3. The largest absolute Gasteiger partial charge is 0.328 e. The third-order valence-corrected chi connectivity index (χ3v) is 2.99. The number of carbonyl (C=O) groups excluding carboxylic acids is 1. The van der Waals surface area contributed by atoms with Gasteiger partial charge in [-0.25, -0.2) is 8.78 Å². The van der Waals surface area contributed by atoms with Gasteiger partial charge in [-0.1, -0.05) is 13.0 Å². The Morgan fingerprint density at radius 1 is 1.37 bits per heavy atom. The quantitative estimate of drug-likeness (QED) is 0.682. The molecule has 1 amide bonds. The third kappa shape index (κ3) is 2.78. The van der Waals surface area contributed by atoms with Gasteiger partial charge in [-0.05, 0) is 42.4 Å². The second-order valence-electron chi connectivity index (χ2n) is 4.12. The summed E-state index contributed by atoms with van der Waals surface area (Å²) in [6.07, 6.45) is 2.23. The van der Waals surface area contributed by atoms with Crippen LogP contribution in [0.4, 0.5) is 8.78 Å². The summed E-state index contributed by atoms with van der Waals surface area (Å²) in [4.78, 5) is 13.4. The molecule has 0 unspecified atom stereocenters. The highest BCUT2D eigenvalue weighted by Gasteiger charge is 2.29. The van der Waals surface area contributed by atoms with E-state index in [1.54, 1.807) is 0 Å². The van der Waals surface area contributed by atoms with Crippen LogP contribution in [0, 0.1) is 11.6 Å². The summed E-state index contributed by atoms with van der Waals surface area (Å²) in [6.45, 7) is 2.47. The summed E-state index contributed by atoms with van der Waals surface area (Å²) in [5.74, 6) is -2.12. The first-order valence-electron chi connectivity index (χ1n) is 5.82. The lowest BCUT2D eigenvalue weighted by Gasteiger charge is -2.11. The van der Waals surface area contributed by atoms with Crippen LogP contribution in [0.2, 0.25) is 0 Å². The van der Waals surface area contributed by atoms with Crippen molar-refractivity contribution in [3.05, 3.63) is 41.1 Å². The highest BCUT2D eigenvalue weighted by atomic mass is 32.1. The maximum Gasteiger partial charge on any atom is 0.276 e. The second-order valence-corrected chi connectivity index (χ2v) is 4.51. The van der Waals surface area contributed by atoms with Crippen molar-refractivity contribution in [2.75, 3.05) is 6.54 Å². The molecule has 0 atom stereocenters. The van der Waals surface area contributed by atoms with Gasteiger partial charge in [0.05, 0.1) is 0 Å². The number of halogens is 2. The summed E-state index contributed by atoms with van der Waals surface area (Å²) in [5, 5.41) is 3.11. The number of nitrogens with one attached hydrogen (secondary N) is 1. The first kappa shape index (κ1) is 13.6. The lowest BCUT2D eigenvalue weighted by molar-refractivity contribution is -0.122. The third-order valence-electron chi connectivity index (χ3n) is 2.66. The number of benzene rings is 1. The van der Waals surface area contributed by atoms with Gasteiger partial charge >= 0.3 is 0 Å². The minimum atomic E-state index is -0.951. The molecule has 1 heterocycles. The Balaban J connectivity index is 2.27. The summed E-state index contributed by atoms with van der Waals surface area (Å²) in [6, 6.07) is 3.44. The highest BCUT2D eigenvalue weighted by Crippen LogP contribution is 2.16. The Morgan fingerprint density at radius 3 is 2.74 bits per heavy atom. The molecule has 0 aliphatic carbocycles. The molecule has 1 fully saturated rings. The first-order chi connectivity index (χ1) is 9.02. The Bertz CT molecular complexity index is 572. The van der Waals surface area contributed by atoms with Crippen molar-refractivity contribution in [1.29, 1.82) is 0 Å². The van der Waals surface area contributed by atoms with E-state index in [4.69, 9.17) is 12.2 Å². The van der Waals surface area contributed by atoms with E-state index >= 15 is 0 Å². The van der Waals surface area contributed by atoms with E-state index in [0.717, 1.165) is 18.6 Å². The van der Waals surface area contributed by atoms with Crippen molar-refractivity contribution in [1.82, 2.24) is 10.2 Å². The van der Waals surface area contributed by atoms with Crippen LogP contribution >= 0.6 is 12.2 Å². The van der Waals surface area contributed by atoms with Crippen molar-refractivity contribution in [3.63, 3.8) is 0 Å². The van der Waals surface area contributed by atoms with Crippen LogP contribution in [0.3, 0.4) is 0 Å². The number of nitrogens with zero attached hydrogens (tertiary/aromatic N) is 1. The molecule has 0 aromatic heterocycles. The molecule has 1 saturated heterocycles. The number of hydrogen-bond acceptors (Lipinski definition) is 2. The SMILES string of the molecule is CCCN1C(=O)/C(=C\c2ccc(F)c(F)c2)NC1=S. The van der Waals surface area contributed by atoms with Gasteiger partial charge in [0, 0.05) is 6.54 Å². The fourth-order valence-corrected chi connectivity index (χ4v) is 2.05. The van der Waals surface area contributed by atoms with E-state index in [1.807, 2.05) is 6.92 Å². The Hall–Kier alpha value is -1.82. The maximum absolute atomic E-state index is 13.1. The molecule has 100 valence electrons. The van der Waals surface area contributed by atoms with E-state index in [2.05, 4.69) is 5.32 Å². The minimum absolute atomic E-state index is 0.253. The number of thiocarbonyl (C=S) groups is 1. The second kappa shape index (κ2) is 5.44. The lowest BCUT2D eigenvalue weighted by atomic mass is 10.2. The summed E-state index contributed by atoms with van der Waals surface area (Å²) in [5.41, 5.74) is 0.667. The molecular formula is C13H12F2N2OS. The van der Waals surface area contributed by atoms with Crippen molar-refractivity contribution in [2.45, 2.75) is 13.3 Å². The van der Waals surface area contributed by atoms with Crippen LogP contribution in [0.25, 0.3) is 6.08 Å². The minimum Gasteiger partial charge on any atom is -0.328 e. The summed E-state index contributed by atoms with van der Waals surface area (Å²) >= 11 is 5.04. The molecule has 0 saturated carbocycles. The van der Waals surface area contributed by atoms with Gasteiger partial charge in [0.15, 0.2) is 16.7 Å². The lowest BCUT2D eigenvalue weighted by Crippen LogP contribution is -2.31. The average molecular weight is 282 g/mol. The van der Waals surface area contributed by atoms with Crippen molar-refractivity contribution in [3.8, 4) is 0 Å². The summed E-state index contributed by atoms with van der Waals surface area (Å²) in [7, 11) is 0. The number of carbonyl (C=O) groups is 1. The van der Waals surface area contributed by atoms with Gasteiger partial charge < -0.3 is 5.32 Å². The van der Waals surface area contributed by atoms with E-state index in [1.165, 1.54) is 17.0 Å². The smallest absolute Gasteiger partial charge is 0.276 e. The van der Waals surface area contributed by atoms with Gasteiger partial charge in [-0.3, -0.25) is 9.69 Å². The maximum atomic E-state index is 13.1. The van der Waals surface area contributed by atoms with Gasteiger partial charge in [0.25, 0.3) is 5.91 Å². The van der Waals surface area contributed by atoms with Gasteiger partial charge in [-0.2, -0.15) is 0 Å². The predicted octanol–water partition coefficient (Wildman–Crippen LogP) is 2.43. The average Bonchev–Trinajstić information content (AvgIpc) is 2.62. The molecule has 0 spiro atoms. The van der Waals surface area contributed by atoms with E-state index in [9.17, 15) is 13.6 Å². The Labute approximate surface area is 114 Å². The Morgan fingerprint density at radius 2 is 2.11 bits per heavy atom. The van der Waals surface area contributed by atoms with Crippen molar-refractivity contribution >= 4 is 29.3 Å². The van der Waals surface area contributed by atoms with Crippen molar-refractivity contribution in [2.24, 2.45) is 0 Å². The molecule has 1 aliphatic rings. The normalized spacial score (nSPS) is 17.2. The number of amides is 1. The molecule has 1 aromatic carbocycles. The zero-order valence-corrected chi connectivity index (χ0v) is 11.1. The molecule has 1 aliphatic heterocycles. The molecule has 6 heteroatoms. The number of hydrogen-bond donors (Lipinski definition) is 1. The van der Waals surface area contributed by atoms with Gasteiger partial charge in [-0.15, -0.1) is 0 Å². The van der Waals surface area contributed by atoms with Crippen LogP contribution in [0.5, 0.6) is 0 Å². The van der Waals surface area contributed by atoms with Crippen LogP contribution in [-0.2, 0) is 4.79 Å². The van der Waals surface area contributed by atoms with Gasteiger partial charge in [0.2, 0.25) is 0 Å².